The zero-order valence-corrected chi connectivity index (χ0v) is 24.8. The van der Waals surface area contributed by atoms with Gasteiger partial charge in [0.15, 0.2) is 11.5 Å². The first-order chi connectivity index (χ1) is 20.7. The molecule has 0 aliphatic carbocycles. The Labute approximate surface area is 251 Å². The summed E-state index contributed by atoms with van der Waals surface area (Å²) in [5.41, 5.74) is 2.87. The lowest BCUT2D eigenvalue weighted by atomic mass is 9.77. The smallest absolute Gasteiger partial charge is 0.356 e. The van der Waals surface area contributed by atoms with Crippen LogP contribution in [0.25, 0.3) is 0 Å². The third-order valence-electron chi connectivity index (χ3n) is 9.76. The molecule has 3 aromatic rings. The topological polar surface area (TPSA) is 124 Å². The van der Waals surface area contributed by atoms with Crippen molar-refractivity contribution < 1.29 is 14.7 Å². The molecular weight excluding hydrogens is 546 g/mol. The number of nitrogens with one attached hydrogen (secondary N) is 1. The second-order valence-corrected chi connectivity index (χ2v) is 12.2. The van der Waals surface area contributed by atoms with E-state index in [2.05, 4.69) is 68.6 Å². The number of carboxylic acid groups (broad SMARTS) is 1. The van der Waals surface area contributed by atoms with Crippen molar-refractivity contribution in [1.82, 2.24) is 25.0 Å². The second-order valence-electron chi connectivity index (χ2n) is 12.2. The van der Waals surface area contributed by atoms with E-state index in [0.29, 0.717) is 38.5 Å². The quantitative estimate of drug-likeness (QED) is 0.413. The van der Waals surface area contributed by atoms with Gasteiger partial charge in [-0.2, -0.15) is 0 Å². The Kier molecular flexibility index (Phi) is 7.57. The molecule has 3 aliphatic heterocycles. The van der Waals surface area contributed by atoms with Gasteiger partial charge in [0.05, 0.1) is 5.54 Å². The van der Waals surface area contributed by atoms with Crippen LogP contribution < -0.4 is 20.7 Å². The number of anilines is 2. The van der Waals surface area contributed by atoms with E-state index in [1.807, 2.05) is 11.8 Å². The Bertz CT molecular complexity index is 1550. The van der Waals surface area contributed by atoms with Gasteiger partial charge in [-0.15, -0.1) is 10.2 Å². The zero-order valence-electron chi connectivity index (χ0n) is 24.8. The van der Waals surface area contributed by atoms with E-state index in [9.17, 15) is 14.4 Å². The molecule has 0 bridgehead atoms. The van der Waals surface area contributed by atoms with Crippen LogP contribution in [0.3, 0.4) is 0 Å². The van der Waals surface area contributed by atoms with Crippen LogP contribution in [0.5, 0.6) is 0 Å². The van der Waals surface area contributed by atoms with Gasteiger partial charge in [0.2, 0.25) is 0 Å². The molecule has 2 amide bonds. The lowest BCUT2D eigenvalue weighted by molar-refractivity contribution is 0.0689. The summed E-state index contributed by atoms with van der Waals surface area (Å²) in [6.45, 7) is 8.86. The van der Waals surface area contributed by atoms with Gasteiger partial charge in [0, 0.05) is 68.7 Å². The summed E-state index contributed by atoms with van der Waals surface area (Å²) in [7, 11) is 0. The highest BCUT2D eigenvalue weighted by Crippen LogP contribution is 2.39. The minimum Gasteiger partial charge on any atom is -0.476 e. The third kappa shape index (κ3) is 5.55. The SMILES string of the molecule is CC[C@]1(c2ccccc2)CCN(c2cc(C)n(CCN3CC4(CCN(c5ccc(C(=O)O)nn5)CC4)NC3=O)c(=O)c2)C1. The Morgan fingerprint density at radius 1 is 0.930 bits per heavy atom. The number of carboxylic acids is 1. The molecule has 3 fully saturated rings. The summed E-state index contributed by atoms with van der Waals surface area (Å²) in [6.07, 6.45) is 3.59. The third-order valence-corrected chi connectivity index (χ3v) is 9.76. The Morgan fingerprint density at radius 2 is 1.67 bits per heavy atom. The molecule has 3 saturated heterocycles. The highest BCUT2D eigenvalue weighted by atomic mass is 16.4. The van der Waals surface area contributed by atoms with Crippen molar-refractivity contribution in [2.75, 3.05) is 49.1 Å². The van der Waals surface area contributed by atoms with Crippen molar-refractivity contribution >= 4 is 23.5 Å². The van der Waals surface area contributed by atoms with Gasteiger partial charge in [-0.1, -0.05) is 37.3 Å². The summed E-state index contributed by atoms with van der Waals surface area (Å²) in [4.78, 5) is 43.5. The highest BCUT2D eigenvalue weighted by molar-refractivity contribution is 5.85. The predicted molar refractivity (Wildman–Crippen MR) is 164 cm³/mol. The lowest BCUT2D eigenvalue weighted by Gasteiger charge is -2.39. The van der Waals surface area contributed by atoms with Crippen LogP contribution >= 0.6 is 0 Å². The van der Waals surface area contributed by atoms with Crippen LogP contribution in [-0.4, -0.2) is 81.6 Å². The number of hydrogen-bond donors (Lipinski definition) is 2. The Balaban J connectivity index is 1.06. The fourth-order valence-electron chi connectivity index (χ4n) is 7.03. The van der Waals surface area contributed by atoms with Gasteiger partial charge in [0.1, 0.15) is 0 Å². The maximum atomic E-state index is 13.3. The van der Waals surface area contributed by atoms with E-state index < -0.39 is 5.97 Å². The summed E-state index contributed by atoms with van der Waals surface area (Å²) in [5.74, 6) is -0.471. The maximum absolute atomic E-state index is 13.3. The first-order valence-corrected chi connectivity index (χ1v) is 15.1. The number of aryl methyl sites for hydroxylation is 1. The maximum Gasteiger partial charge on any atom is 0.356 e. The molecule has 226 valence electrons. The van der Waals surface area contributed by atoms with E-state index in [-0.39, 0.29) is 28.2 Å². The van der Waals surface area contributed by atoms with Crippen molar-refractivity contribution in [2.24, 2.45) is 0 Å². The van der Waals surface area contributed by atoms with Gasteiger partial charge < -0.3 is 29.7 Å². The molecule has 1 aromatic carbocycles. The van der Waals surface area contributed by atoms with Crippen LogP contribution in [0.2, 0.25) is 0 Å². The molecule has 11 nitrogen and oxygen atoms in total. The fraction of sp³-hybridized carbons (Fsp3) is 0.469. The van der Waals surface area contributed by atoms with Gasteiger partial charge in [0.25, 0.3) is 5.56 Å². The number of carbonyl (C=O) groups excluding carboxylic acids is 1. The van der Waals surface area contributed by atoms with Crippen molar-refractivity contribution in [2.45, 2.75) is 57.0 Å². The van der Waals surface area contributed by atoms with Crippen molar-refractivity contribution in [1.29, 1.82) is 0 Å². The first kappa shape index (κ1) is 28.7. The van der Waals surface area contributed by atoms with Crippen LogP contribution in [-0.2, 0) is 12.0 Å². The monoisotopic (exact) mass is 585 g/mol. The summed E-state index contributed by atoms with van der Waals surface area (Å²) in [5, 5.41) is 20.1. The largest absolute Gasteiger partial charge is 0.476 e. The fourth-order valence-corrected chi connectivity index (χ4v) is 7.03. The van der Waals surface area contributed by atoms with Crippen molar-refractivity contribution in [3.63, 3.8) is 0 Å². The van der Waals surface area contributed by atoms with E-state index in [0.717, 1.165) is 50.2 Å². The average Bonchev–Trinajstić information content (AvgIpc) is 3.59. The minimum atomic E-state index is -1.10. The molecule has 1 spiro atoms. The molecular formula is C32H39N7O4. The van der Waals surface area contributed by atoms with Gasteiger partial charge in [-0.25, -0.2) is 9.59 Å². The average molecular weight is 586 g/mol. The van der Waals surface area contributed by atoms with Crippen LogP contribution in [0.4, 0.5) is 16.3 Å². The molecule has 1 atom stereocenters. The van der Waals surface area contributed by atoms with Crippen LogP contribution in [0.15, 0.2) is 59.4 Å². The van der Waals surface area contributed by atoms with E-state index in [4.69, 9.17) is 5.11 Å². The molecule has 2 N–H and O–H groups in total. The molecule has 0 unspecified atom stereocenters. The predicted octanol–water partition coefficient (Wildman–Crippen LogP) is 3.27. The second kappa shape index (κ2) is 11.3. The van der Waals surface area contributed by atoms with Crippen molar-refractivity contribution in [3.05, 3.63) is 81.9 Å². The Hall–Kier alpha value is -4.41. The summed E-state index contributed by atoms with van der Waals surface area (Å²) < 4.78 is 1.77. The van der Waals surface area contributed by atoms with E-state index in [1.165, 1.54) is 11.6 Å². The molecule has 0 saturated carbocycles. The number of aromatic carboxylic acids is 1. The van der Waals surface area contributed by atoms with E-state index >= 15 is 0 Å². The minimum absolute atomic E-state index is 0.0404. The summed E-state index contributed by atoms with van der Waals surface area (Å²) >= 11 is 0. The number of benzene rings is 1. The number of rotatable bonds is 8. The molecule has 3 aliphatic rings. The Morgan fingerprint density at radius 3 is 2.33 bits per heavy atom. The number of urea groups is 1. The molecule has 11 heteroatoms. The molecule has 43 heavy (non-hydrogen) atoms. The molecule has 5 heterocycles. The molecule has 2 aromatic heterocycles. The van der Waals surface area contributed by atoms with E-state index in [1.54, 1.807) is 16.7 Å². The number of nitrogens with zero attached hydrogens (tertiary/aromatic N) is 6. The van der Waals surface area contributed by atoms with Gasteiger partial charge in [-0.3, -0.25) is 4.79 Å². The number of amides is 2. The zero-order chi connectivity index (χ0) is 30.2. The van der Waals surface area contributed by atoms with Gasteiger partial charge in [-0.05, 0) is 56.4 Å². The number of piperidine rings is 1. The number of hydrogen-bond acceptors (Lipinski definition) is 7. The van der Waals surface area contributed by atoms with Crippen LogP contribution in [0, 0.1) is 6.92 Å². The van der Waals surface area contributed by atoms with Crippen molar-refractivity contribution in [3.8, 4) is 0 Å². The molecule has 6 rings (SSSR count). The highest BCUT2D eigenvalue weighted by Gasteiger charge is 2.44. The number of pyridine rings is 1. The summed E-state index contributed by atoms with van der Waals surface area (Å²) in [6, 6.07) is 17.6. The van der Waals surface area contributed by atoms with Crippen LogP contribution in [0.1, 0.15) is 54.4 Å². The normalized spacial score (nSPS) is 21.4. The lowest BCUT2D eigenvalue weighted by Crippen LogP contribution is -2.52. The number of carbonyl (C=O) groups is 2. The standard InChI is InChI=1S/C32H39N7O4/c1-3-31(24-7-5-4-6-8-24)11-14-37(21-31)25-19-23(2)39(28(40)20-25)18-17-38-22-32(33-30(38)43)12-15-36(16-13-32)27-10-9-26(29(41)42)34-35-27/h4-10,19-20H,3,11-18,21-22H2,1-2H3,(H,33,43)(H,41,42)/t31-/m0/s1. The molecule has 0 radical (unpaired) electrons. The first-order valence-electron chi connectivity index (χ1n) is 15.1. The number of aromatic nitrogens is 3. The van der Waals surface area contributed by atoms with Gasteiger partial charge >= 0.3 is 12.0 Å².